The Labute approximate surface area is 164 Å². The molecule has 1 aliphatic heterocycles. The maximum Gasteiger partial charge on any atom is 0.417 e. The highest BCUT2D eigenvalue weighted by molar-refractivity contribution is 7.88. The van der Waals surface area contributed by atoms with Gasteiger partial charge in [0.15, 0.2) is 5.65 Å². The summed E-state index contributed by atoms with van der Waals surface area (Å²) in [5, 5.41) is 5.76. The van der Waals surface area contributed by atoms with Crippen molar-refractivity contribution in [2.45, 2.75) is 30.8 Å². The summed E-state index contributed by atoms with van der Waals surface area (Å²) in [5.41, 5.74) is 5.07. The minimum Gasteiger partial charge on any atom is -0.383 e. The third kappa shape index (κ3) is 3.67. The Morgan fingerprint density at radius 1 is 1.24 bits per heavy atom. The predicted molar refractivity (Wildman–Crippen MR) is 101 cm³/mol. The number of pyridine rings is 1. The van der Waals surface area contributed by atoms with E-state index in [0.29, 0.717) is 18.4 Å². The third-order valence-corrected chi connectivity index (χ3v) is 6.82. The minimum absolute atomic E-state index is 0.0189. The third-order valence-electron chi connectivity index (χ3n) is 4.97. The zero-order valence-electron chi connectivity index (χ0n) is 15.1. The zero-order valence-corrected chi connectivity index (χ0v) is 16.0. The predicted octanol–water partition coefficient (Wildman–Crippen LogP) is 3.23. The largest absolute Gasteiger partial charge is 0.417 e. The average molecular weight is 425 g/mol. The molecule has 7 nitrogen and oxygen atoms in total. The lowest BCUT2D eigenvalue weighted by Gasteiger charge is -2.24. The molecule has 1 saturated heterocycles. The van der Waals surface area contributed by atoms with Crippen LogP contribution in [0.15, 0.2) is 36.4 Å². The minimum atomic E-state index is -4.68. The van der Waals surface area contributed by atoms with E-state index >= 15 is 0 Å². The number of aromatic amines is 1. The van der Waals surface area contributed by atoms with Gasteiger partial charge in [-0.05, 0) is 24.5 Å². The number of nitrogen functional groups attached to an aromatic ring is 1. The number of alkyl halides is 3. The van der Waals surface area contributed by atoms with E-state index in [1.807, 2.05) is 0 Å². The van der Waals surface area contributed by atoms with Crippen LogP contribution in [0.3, 0.4) is 0 Å². The van der Waals surface area contributed by atoms with E-state index in [0.717, 1.165) is 6.07 Å². The van der Waals surface area contributed by atoms with Gasteiger partial charge < -0.3 is 5.73 Å². The van der Waals surface area contributed by atoms with Crippen molar-refractivity contribution in [2.24, 2.45) is 0 Å². The molecule has 1 aromatic carbocycles. The molecule has 1 aliphatic rings. The van der Waals surface area contributed by atoms with Gasteiger partial charge in [-0.25, -0.2) is 13.4 Å². The number of hydrogen-bond donors (Lipinski definition) is 2. The maximum atomic E-state index is 13.6. The van der Waals surface area contributed by atoms with Gasteiger partial charge in [-0.2, -0.15) is 22.6 Å². The number of sulfonamides is 1. The number of halogens is 3. The molecule has 0 unspecified atom stereocenters. The second-order valence-corrected chi connectivity index (χ2v) is 8.86. The van der Waals surface area contributed by atoms with Gasteiger partial charge in [-0.15, -0.1) is 0 Å². The van der Waals surface area contributed by atoms with Crippen LogP contribution in [0.2, 0.25) is 0 Å². The molecule has 0 spiro atoms. The number of rotatable bonds is 4. The summed E-state index contributed by atoms with van der Waals surface area (Å²) in [4.78, 5) is 4.19. The van der Waals surface area contributed by atoms with Crippen molar-refractivity contribution < 1.29 is 21.6 Å². The summed E-state index contributed by atoms with van der Waals surface area (Å²) in [6, 6.07) is 8.74. The number of nitrogens with one attached hydrogen (secondary N) is 1. The van der Waals surface area contributed by atoms with Gasteiger partial charge in [0.2, 0.25) is 10.0 Å². The Hall–Kier alpha value is -2.66. The summed E-state index contributed by atoms with van der Waals surface area (Å²) in [6.45, 7) is 0.226. The standard InChI is InChI=1S/C18H18F3N5O2S/c19-18(20,21)12-9-13(23-17-15(12)16(22)24-25-17)14-7-4-8-26(14)29(27,28)10-11-5-2-1-3-6-11/h1-3,5-6,9,14H,4,7-8,10H2,(H3,22,23,24,25)/t14-/m0/s1. The molecular formula is C18H18F3N5O2S. The van der Waals surface area contributed by atoms with E-state index in [2.05, 4.69) is 15.2 Å². The highest BCUT2D eigenvalue weighted by atomic mass is 32.2. The number of benzene rings is 1. The second-order valence-electron chi connectivity index (χ2n) is 6.94. The van der Waals surface area contributed by atoms with Gasteiger partial charge in [0.1, 0.15) is 5.82 Å². The SMILES string of the molecule is Nc1[nH]nc2nc([C@@H]3CCCN3S(=O)(=O)Cc3ccccc3)cc(C(F)(F)F)c12. The van der Waals surface area contributed by atoms with Gasteiger partial charge in [0.05, 0.1) is 28.4 Å². The number of nitrogens with two attached hydrogens (primary N) is 1. The Bertz CT molecular complexity index is 1150. The molecule has 3 aromatic rings. The average Bonchev–Trinajstić information content (AvgIpc) is 3.28. The van der Waals surface area contributed by atoms with E-state index < -0.39 is 27.8 Å². The van der Waals surface area contributed by atoms with Crippen molar-refractivity contribution >= 4 is 26.9 Å². The fourth-order valence-corrected chi connectivity index (χ4v) is 5.49. The molecule has 29 heavy (non-hydrogen) atoms. The van der Waals surface area contributed by atoms with Crippen LogP contribution in [0.5, 0.6) is 0 Å². The molecule has 0 radical (unpaired) electrons. The molecule has 4 rings (SSSR count). The Balaban J connectivity index is 1.75. The van der Waals surface area contributed by atoms with Crippen LogP contribution in [-0.4, -0.2) is 34.4 Å². The lowest BCUT2D eigenvalue weighted by Crippen LogP contribution is -2.32. The monoisotopic (exact) mass is 425 g/mol. The number of aromatic nitrogens is 3. The normalized spacial score (nSPS) is 18.5. The quantitative estimate of drug-likeness (QED) is 0.668. The van der Waals surface area contributed by atoms with Crippen LogP contribution in [0.1, 0.15) is 35.7 Å². The van der Waals surface area contributed by atoms with E-state index in [9.17, 15) is 21.6 Å². The molecular weight excluding hydrogens is 407 g/mol. The lowest BCUT2D eigenvalue weighted by molar-refractivity contribution is -0.136. The van der Waals surface area contributed by atoms with E-state index in [1.165, 1.54) is 4.31 Å². The number of anilines is 1. The smallest absolute Gasteiger partial charge is 0.383 e. The fourth-order valence-electron chi connectivity index (χ4n) is 3.70. The molecule has 1 fully saturated rings. The Morgan fingerprint density at radius 3 is 2.66 bits per heavy atom. The first kappa shape index (κ1) is 19.6. The molecule has 0 saturated carbocycles. The Kier molecular flexibility index (Phi) is 4.74. The molecule has 0 amide bonds. The topological polar surface area (TPSA) is 105 Å². The van der Waals surface area contributed by atoms with Crippen molar-refractivity contribution in [2.75, 3.05) is 12.3 Å². The molecule has 3 N–H and O–H groups in total. The molecule has 0 aliphatic carbocycles. The van der Waals surface area contributed by atoms with Gasteiger partial charge in [-0.3, -0.25) is 5.10 Å². The van der Waals surface area contributed by atoms with Gasteiger partial charge in [0.25, 0.3) is 0 Å². The molecule has 154 valence electrons. The number of nitrogens with zero attached hydrogens (tertiary/aromatic N) is 3. The van der Waals surface area contributed by atoms with Crippen LogP contribution >= 0.6 is 0 Å². The van der Waals surface area contributed by atoms with Gasteiger partial charge in [-0.1, -0.05) is 30.3 Å². The van der Waals surface area contributed by atoms with Crippen LogP contribution in [0.4, 0.5) is 19.0 Å². The molecule has 0 bridgehead atoms. The van der Waals surface area contributed by atoms with Gasteiger partial charge in [0, 0.05) is 6.54 Å². The van der Waals surface area contributed by atoms with Crippen molar-refractivity contribution in [3.8, 4) is 0 Å². The first-order valence-corrected chi connectivity index (χ1v) is 10.5. The van der Waals surface area contributed by atoms with Crippen molar-refractivity contribution in [1.82, 2.24) is 19.5 Å². The van der Waals surface area contributed by atoms with Crippen molar-refractivity contribution in [1.29, 1.82) is 0 Å². The molecule has 11 heteroatoms. The number of hydrogen-bond acceptors (Lipinski definition) is 5. The molecule has 1 atom stereocenters. The number of H-pyrrole nitrogens is 1. The summed E-state index contributed by atoms with van der Waals surface area (Å²) in [7, 11) is -3.75. The summed E-state index contributed by atoms with van der Waals surface area (Å²) < 4.78 is 68.0. The Morgan fingerprint density at radius 2 is 1.97 bits per heavy atom. The van der Waals surface area contributed by atoms with E-state index in [1.54, 1.807) is 30.3 Å². The zero-order chi connectivity index (χ0) is 20.8. The summed E-state index contributed by atoms with van der Waals surface area (Å²) >= 11 is 0. The highest BCUT2D eigenvalue weighted by Crippen LogP contribution is 2.40. The second kappa shape index (κ2) is 6.99. The highest BCUT2D eigenvalue weighted by Gasteiger charge is 2.40. The molecule has 3 heterocycles. The van der Waals surface area contributed by atoms with Crippen molar-refractivity contribution in [3.63, 3.8) is 0 Å². The van der Waals surface area contributed by atoms with E-state index in [4.69, 9.17) is 5.73 Å². The summed E-state index contributed by atoms with van der Waals surface area (Å²) in [6.07, 6.45) is -3.77. The first-order valence-electron chi connectivity index (χ1n) is 8.92. The van der Waals surface area contributed by atoms with Crippen LogP contribution < -0.4 is 5.73 Å². The van der Waals surface area contributed by atoms with Crippen LogP contribution in [0, 0.1) is 0 Å². The van der Waals surface area contributed by atoms with Crippen LogP contribution in [-0.2, 0) is 22.0 Å². The lowest BCUT2D eigenvalue weighted by atomic mass is 10.1. The first-order chi connectivity index (χ1) is 13.7. The van der Waals surface area contributed by atoms with Crippen LogP contribution in [0.25, 0.3) is 11.0 Å². The molecule has 2 aromatic heterocycles. The van der Waals surface area contributed by atoms with Gasteiger partial charge >= 0.3 is 6.18 Å². The number of fused-ring (bicyclic) bond motifs is 1. The summed E-state index contributed by atoms with van der Waals surface area (Å²) in [5.74, 6) is -0.458. The fraction of sp³-hybridized carbons (Fsp3) is 0.333. The van der Waals surface area contributed by atoms with E-state index in [-0.39, 0.29) is 34.8 Å². The maximum absolute atomic E-state index is 13.6. The van der Waals surface area contributed by atoms with Crippen molar-refractivity contribution in [3.05, 3.63) is 53.2 Å².